The summed E-state index contributed by atoms with van der Waals surface area (Å²) >= 11 is 0. The molecule has 2 atom stereocenters. The van der Waals surface area contributed by atoms with E-state index in [2.05, 4.69) is 288 Å². The Morgan fingerprint density at radius 3 is 1.54 bits per heavy atom. The Kier molecular flexibility index (Phi) is 9.54. The van der Waals surface area contributed by atoms with Crippen molar-refractivity contribution in [2.45, 2.75) is 5.92 Å². The smallest absolute Gasteiger partial charge is 0.136 e. The van der Waals surface area contributed by atoms with Gasteiger partial charge in [0.05, 0.1) is 22.1 Å². The maximum atomic E-state index is 7.07. The summed E-state index contributed by atoms with van der Waals surface area (Å²) < 4.78 is 11.9. The van der Waals surface area contributed by atoms with Gasteiger partial charge in [-0.05, 0) is 144 Å². The zero-order valence-electron chi connectivity index (χ0n) is 43.0. The van der Waals surface area contributed by atoms with Gasteiger partial charge in [-0.2, -0.15) is 0 Å². The number of para-hydroxylation sites is 4. The van der Waals surface area contributed by atoms with Gasteiger partial charge >= 0.3 is 0 Å². The highest BCUT2D eigenvalue weighted by molar-refractivity contribution is 6.27. The van der Waals surface area contributed by atoms with E-state index < -0.39 is 0 Å². The summed E-state index contributed by atoms with van der Waals surface area (Å²) in [6.45, 7) is 0. The lowest BCUT2D eigenvalue weighted by Gasteiger charge is -2.37. The first kappa shape index (κ1) is 44.0. The Morgan fingerprint density at radius 2 is 0.848 bits per heavy atom. The number of aromatic nitrogens is 2. The second kappa shape index (κ2) is 17.1. The molecule has 0 amide bonds. The van der Waals surface area contributed by atoms with E-state index in [1.54, 1.807) is 0 Å². The van der Waals surface area contributed by atoms with Gasteiger partial charge < -0.3 is 13.6 Å². The lowest BCUT2D eigenvalue weighted by atomic mass is 9.66. The number of hydrogen-bond acceptors (Lipinski definition) is 1. The molecule has 0 spiro atoms. The van der Waals surface area contributed by atoms with E-state index in [9.17, 15) is 0 Å². The molecular formula is C76H48N2O. The standard InChI is InChI=1S/C76H48N2O/c1-3-22-48(23-4-1)77-64-39-17-15-34-58(64)74-61(36-19-41-66(74)77)71-52-28-9-7-26-50(52)70(51-27-8-10-29-53(51)71)47-44-45-60-69(46-47)79-68-43-21-38-63(76(60)68)73-56-32-13-11-30-54(56)72(55-31-12-14-33-57(55)73)62-37-20-42-67-75(62)59-35-16-18-40-65(59)78(67)49-24-5-2-6-25-49/h1-46,54,72H/t54?,72-/m0/s1. The first-order chi connectivity index (χ1) is 39.3. The summed E-state index contributed by atoms with van der Waals surface area (Å²) in [4.78, 5) is 0. The summed E-state index contributed by atoms with van der Waals surface area (Å²) in [6, 6.07) is 93.8. The van der Waals surface area contributed by atoms with E-state index in [-0.39, 0.29) is 11.8 Å². The molecule has 0 saturated heterocycles. The van der Waals surface area contributed by atoms with Crippen molar-refractivity contribution in [2.24, 2.45) is 5.92 Å². The van der Waals surface area contributed by atoms with Crippen molar-refractivity contribution >= 4 is 92.7 Å². The minimum absolute atomic E-state index is 0.0800. The second-order valence-corrected chi connectivity index (χ2v) is 21.3. The number of allylic oxidation sites excluding steroid dienone is 5. The Balaban J connectivity index is 0.846. The zero-order valence-corrected chi connectivity index (χ0v) is 43.0. The predicted molar refractivity (Wildman–Crippen MR) is 331 cm³/mol. The fraction of sp³-hybridized carbons (Fsp3) is 0.0263. The molecule has 0 N–H and O–H groups in total. The molecule has 12 aromatic carbocycles. The monoisotopic (exact) mass is 1000 g/mol. The summed E-state index contributed by atoms with van der Waals surface area (Å²) in [6.07, 6.45) is 9.29. The third-order valence-corrected chi connectivity index (χ3v) is 17.3. The fourth-order valence-electron chi connectivity index (χ4n) is 14.3. The average Bonchev–Trinajstić information content (AvgIpc) is 4.40. The van der Waals surface area contributed by atoms with Crippen LogP contribution in [0.5, 0.6) is 0 Å². The highest BCUT2D eigenvalue weighted by Crippen LogP contribution is 2.54. The molecule has 0 aliphatic heterocycles. The molecule has 0 bridgehead atoms. The number of furan rings is 1. The normalized spacial score (nSPS) is 15.2. The molecule has 3 aromatic heterocycles. The molecule has 3 heterocycles. The first-order valence-corrected chi connectivity index (χ1v) is 27.5. The van der Waals surface area contributed by atoms with E-state index in [0.29, 0.717) is 0 Å². The third kappa shape index (κ3) is 6.36. The highest BCUT2D eigenvalue weighted by atomic mass is 16.3. The van der Waals surface area contributed by atoms with Gasteiger partial charge in [-0.25, -0.2) is 0 Å². The highest BCUT2D eigenvalue weighted by Gasteiger charge is 2.38. The largest absolute Gasteiger partial charge is 0.456 e. The summed E-state index contributed by atoms with van der Waals surface area (Å²) in [5.41, 5.74) is 21.4. The van der Waals surface area contributed by atoms with Gasteiger partial charge in [0.15, 0.2) is 0 Å². The van der Waals surface area contributed by atoms with Crippen molar-refractivity contribution in [1.82, 2.24) is 9.13 Å². The first-order valence-electron chi connectivity index (χ1n) is 27.5. The maximum absolute atomic E-state index is 7.07. The fourth-order valence-corrected chi connectivity index (χ4v) is 14.3. The molecule has 3 heteroatoms. The number of fused-ring (bicyclic) bond motifs is 13. The van der Waals surface area contributed by atoms with Crippen molar-refractivity contribution in [3.63, 3.8) is 0 Å². The van der Waals surface area contributed by atoms with Crippen LogP contribution in [0.1, 0.15) is 28.2 Å². The molecule has 2 aliphatic carbocycles. The van der Waals surface area contributed by atoms with Crippen LogP contribution in [0.3, 0.4) is 0 Å². The SMILES string of the molecule is C1=CC2=C(c3cccc4oc5cc(-c6c7ccccc7c(-c7cccc8c7c7ccccc7n8-c7ccccc7)c7ccccc67)ccc5c34)c3ccccc3[C@@H](c3cccc4c3c3ccccc3n4-c3ccccc3)C2C=C1. The van der Waals surface area contributed by atoms with Gasteiger partial charge in [0, 0.05) is 55.5 Å². The van der Waals surface area contributed by atoms with Crippen LogP contribution in [0.2, 0.25) is 0 Å². The number of rotatable bonds is 6. The van der Waals surface area contributed by atoms with E-state index in [4.69, 9.17) is 4.42 Å². The predicted octanol–water partition coefficient (Wildman–Crippen LogP) is 20.1. The zero-order chi connectivity index (χ0) is 51.7. The van der Waals surface area contributed by atoms with Gasteiger partial charge in [0.2, 0.25) is 0 Å². The Bertz CT molecular complexity index is 5080. The Morgan fingerprint density at radius 1 is 0.329 bits per heavy atom. The van der Waals surface area contributed by atoms with E-state index in [1.807, 2.05) is 0 Å². The molecule has 0 radical (unpaired) electrons. The van der Waals surface area contributed by atoms with Crippen LogP contribution in [0, 0.1) is 5.92 Å². The van der Waals surface area contributed by atoms with Crippen LogP contribution in [-0.4, -0.2) is 9.13 Å². The van der Waals surface area contributed by atoms with Crippen LogP contribution in [0.25, 0.3) is 126 Å². The molecular weight excluding hydrogens is 957 g/mol. The lowest BCUT2D eigenvalue weighted by Crippen LogP contribution is -2.23. The van der Waals surface area contributed by atoms with Crippen molar-refractivity contribution in [3.8, 4) is 33.6 Å². The third-order valence-electron chi connectivity index (χ3n) is 17.3. The number of hydrogen-bond donors (Lipinski definition) is 0. The minimum atomic E-state index is 0.0800. The molecule has 15 aromatic rings. The molecule has 17 rings (SSSR count). The molecule has 0 fully saturated rings. The number of benzene rings is 12. The van der Waals surface area contributed by atoms with E-state index in [1.165, 1.54) is 121 Å². The van der Waals surface area contributed by atoms with Crippen molar-refractivity contribution in [3.05, 3.63) is 307 Å². The molecule has 1 unspecified atom stereocenters. The van der Waals surface area contributed by atoms with Crippen LogP contribution in [0.15, 0.2) is 289 Å². The maximum Gasteiger partial charge on any atom is 0.136 e. The van der Waals surface area contributed by atoms with Crippen molar-refractivity contribution in [1.29, 1.82) is 0 Å². The number of nitrogens with zero attached hydrogens (tertiary/aromatic N) is 2. The minimum Gasteiger partial charge on any atom is -0.456 e. The quantitative estimate of drug-likeness (QED) is 0.152. The van der Waals surface area contributed by atoms with E-state index >= 15 is 0 Å². The lowest BCUT2D eigenvalue weighted by molar-refractivity contribution is 0.653. The Labute approximate surface area is 456 Å². The summed E-state index contributed by atoms with van der Waals surface area (Å²) in [5.74, 6) is 0.176. The van der Waals surface area contributed by atoms with Gasteiger partial charge in [0.1, 0.15) is 11.2 Å². The van der Waals surface area contributed by atoms with Crippen molar-refractivity contribution in [2.75, 3.05) is 0 Å². The molecule has 368 valence electrons. The molecule has 2 aliphatic rings. The van der Waals surface area contributed by atoms with E-state index in [0.717, 1.165) is 33.2 Å². The average molecular weight is 1010 g/mol. The van der Waals surface area contributed by atoms with Gasteiger partial charge in [-0.1, -0.05) is 212 Å². The van der Waals surface area contributed by atoms with Gasteiger partial charge in [-0.3, -0.25) is 0 Å². The molecule has 0 saturated carbocycles. The van der Waals surface area contributed by atoms with Crippen LogP contribution in [-0.2, 0) is 0 Å². The summed E-state index contributed by atoms with van der Waals surface area (Å²) in [7, 11) is 0. The van der Waals surface area contributed by atoms with Crippen molar-refractivity contribution < 1.29 is 4.42 Å². The summed E-state index contributed by atoms with van der Waals surface area (Å²) in [5, 5.41) is 12.2. The van der Waals surface area contributed by atoms with Crippen LogP contribution in [0.4, 0.5) is 0 Å². The second-order valence-electron chi connectivity index (χ2n) is 21.3. The van der Waals surface area contributed by atoms with Gasteiger partial charge in [-0.15, -0.1) is 0 Å². The molecule has 79 heavy (non-hydrogen) atoms. The van der Waals surface area contributed by atoms with Crippen LogP contribution >= 0.6 is 0 Å². The Hall–Kier alpha value is -10.2. The topological polar surface area (TPSA) is 23.0 Å². The van der Waals surface area contributed by atoms with Crippen LogP contribution < -0.4 is 0 Å². The van der Waals surface area contributed by atoms with Gasteiger partial charge in [0.25, 0.3) is 0 Å². The molecule has 3 nitrogen and oxygen atoms in total.